The Morgan fingerprint density at radius 2 is 1.86 bits per heavy atom. The number of nitrogens with one attached hydrogen (secondary N) is 1. The number of nitrogens with zero attached hydrogens (tertiary/aromatic N) is 1. The molecular weight excluding hydrogens is 256 g/mol. The summed E-state index contributed by atoms with van der Waals surface area (Å²) in [4.78, 5) is 2.96. The lowest BCUT2D eigenvalue weighted by Gasteiger charge is -2.53. The third-order valence-electron chi connectivity index (χ3n) is 6.74. The molecule has 3 aliphatic rings. The normalized spacial score (nSPS) is 42.4. The lowest BCUT2D eigenvalue weighted by atomic mass is 9.75. The molecule has 21 heavy (non-hydrogen) atoms. The van der Waals surface area contributed by atoms with Gasteiger partial charge in [-0.2, -0.15) is 0 Å². The van der Waals surface area contributed by atoms with Crippen LogP contribution in [0.2, 0.25) is 0 Å². The topological polar surface area (TPSA) is 15.3 Å². The maximum Gasteiger partial charge on any atom is 0.0309 e. The average molecular weight is 293 g/mol. The van der Waals surface area contributed by atoms with E-state index >= 15 is 0 Å². The van der Waals surface area contributed by atoms with E-state index in [4.69, 9.17) is 0 Å². The van der Waals surface area contributed by atoms with Crippen molar-refractivity contribution >= 4 is 0 Å². The van der Waals surface area contributed by atoms with Gasteiger partial charge in [-0.3, -0.25) is 4.90 Å². The van der Waals surface area contributed by atoms with Gasteiger partial charge in [0, 0.05) is 30.7 Å². The van der Waals surface area contributed by atoms with E-state index in [9.17, 15) is 0 Å². The molecule has 2 heteroatoms. The van der Waals surface area contributed by atoms with Crippen LogP contribution in [0, 0.1) is 17.8 Å². The van der Waals surface area contributed by atoms with Crippen molar-refractivity contribution in [3.05, 3.63) is 0 Å². The van der Waals surface area contributed by atoms with Crippen molar-refractivity contribution in [3.63, 3.8) is 0 Å². The SMILES string of the molecule is CCC1CNC(C)(C2CC2)CN1C1CCCCC1C(C)C. The van der Waals surface area contributed by atoms with Crippen LogP contribution in [-0.2, 0) is 0 Å². The number of rotatable bonds is 4. The Labute approximate surface area is 132 Å². The lowest BCUT2D eigenvalue weighted by molar-refractivity contribution is -0.0109. The highest BCUT2D eigenvalue weighted by Crippen LogP contribution is 2.43. The third-order valence-corrected chi connectivity index (χ3v) is 6.74. The van der Waals surface area contributed by atoms with Crippen LogP contribution < -0.4 is 5.32 Å². The van der Waals surface area contributed by atoms with Gasteiger partial charge < -0.3 is 5.32 Å². The van der Waals surface area contributed by atoms with Gasteiger partial charge in [-0.15, -0.1) is 0 Å². The van der Waals surface area contributed by atoms with Crippen molar-refractivity contribution in [2.45, 2.75) is 90.3 Å². The van der Waals surface area contributed by atoms with Gasteiger partial charge >= 0.3 is 0 Å². The number of hydrogen-bond donors (Lipinski definition) is 1. The zero-order valence-electron chi connectivity index (χ0n) is 14.7. The average Bonchev–Trinajstić information content (AvgIpc) is 3.32. The van der Waals surface area contributed by atoms with Crippen molar-refractivity contribution in [2.24, 2.45) is 17.8 Å². The molecule has 4 atom stereocenters. The molecule has 3 rings (SSSR count). The molecular formula is C19H36N2. The van der Waals surface area contributed by atoms with E-state index in [2.05, 4.69) is 37.9 Å². The molecule has 1 aliphatic heterocycles. The summed E-state index contributed by atoms with van der Waals surface area (Å²) in [7, 11) is 0. The van der Waals surface area contributed by atoms with Crippen LogP contribution in [0.15, 0.2) is 0 Å². The van der Waals surface area contributed by atoms with Crippen molar-refractivity contribution in [1.82, 2.24) is 10.2 Å². The van der Waals surface area contributed by atoms with Crippen molar-refractivity contribution in [3.8, 4) is 0 Å². The van der Waals surface area contributed by atoms with E-state index in [1.165, 1.54) is 58.0 Å². The molecule has 2 nitrogen and oxygen atoms in total. The quantitative estimate of drug-likeness (QED) is 0.841. The minimum atomic E-state index is 0.393. The van der Waals surface area contributed by atoms with Crippen molar-refractivity contribution in [2.75, 3.05) is 13.1 Å². The minimum Gasteiger partial charge on any atom is -0.308 e. The summed E-state index contributed by atoms with van der Waals surface area (Å²) >= 11 is 0. The Morgan fingerprint density at radius 3 is 2.48 bits per heavy atom. The molecule has 0 amide bonds. The Hall–Kier alpha value is -0.0800. The molecule has 0 radical (unpaired) electrons. The molecule has 1 saturated heterocycles. The highest BCUT2D eigenvalue weighted by Gasteiger charge is 2.48. The maximum absolute atomic E-state index is 3.93. The summed E-state index contributed by atoms with van der Waals surface area (Å²) < 4.78 is 0. The van der Waals surface area contributed by atoms with Gasteiger partial charge in [0.1, 0.15) is 0 Å². The van der Waals surface area contributed by atoms with Gasteiger partial charge in [-0.25, -0.2) is 0 Å². The zero-order valence-corrected chi connectivity index (χ0v) is 14.7. The standard InChI is InChI=1S/C19H36N2/c1-5-16-12-20-19(4,15-10-11-15)13-21(16)18-9-7-6-8-17(18)14(2)3/h14-18,20H,5-13H2,1-4H3. The highest BCUT2D eigenvalue weighted by atomic mass is 15.3. The first-order chi connectivity index (χ1) is 10.0. The monoisotopic (exact) mass is 292 g/mol. The fraction of sp³-hybridized carbons (Fsp3) is 1.00. The number of piperazine rings is 1. The molecule has 122 valence electrons. The van der Waals surface area contributed by atoms with Gasteiger partial charge in [0.2, 0.25) is 0 Å². The van der Waals surface area contributed by atoms with Gasteiger partial charge in [-0.05, 0) is 56.8 Å². The zero-order chi connectivity index (χ0) is 15.0. The van der Waals surface area contributed by atoms with Crippen LogP contribution >= 0.6 is 0 Å². The van der Waals surface area contributed by atoms with Crippen LogP contribution in [-0.4, -0.2) is 35.6 Å². The molecule has 0 bridgehead atoms. The Morgan fingerprint density at radius 1 is 1.14 bits per heavy atom. The second-order valence-corrected chi connectivity index (χ2v) is 8.57. The van der Waals surface area contributed by atoms with E-state index in [0.717, 1.165) is 29.8 Å². The summed E-state index contributed by atoms with van der Waals surface area (Å²) in [5.41, 5.74) is 0.393. The predicted molar refractivity (Wildman–Crippen MR) is 90.5 cm³/mol. The molecule has 0 aromatic carbocycles. The van der Waals surface area contributed by atoms with Crippen LogP contribution in [0.3, 0.4) is 0 Å². The van der Waals surface area contributed by atoms with Crippen molar-refractivity contribution in [1.29, 1.82) is 0 Å². The Kier molecular flexibility index (Phi) is 4.66. The highest BCUT2D eigenvalue weighted by molar-refractivity contribution is 5.06. The summed E-state index contributed by atoms with van der Waals surface area (Å²) in [6, 6.07) is 1.62. The summed E-state index contributed by atoms with van der Waals surface area (Å²) in [6.45, 7) is 12.3. The van der Waals surface area contributed by atoms with Crippen LogP contribution in [0.5, 0.6) is 0 Å². The van der Waals surface area contributed by atoms with Gasteiger partial charge in [0.15, 0.2) is 0 Å². The molecule has 2 saturated carbocycles. The second-order valence-electron chi connectivity index (χ2n) is 8.57. The van der Waals surface area contributed by atoms with Gasteiger partial charge in [0.25, 0.3) is 0 Å². The first-order valence-electron chi connectivity index (χ1n) is 9.56. The number of hydrogen-bond acceptors (Lipinski definition) is 2. The molecule has 1 heterocycles. The molecule has 2 aliphatic carbocycles. The smallest absolute Gasteiger partial charge is 0.0309 e. The molecule has 0 aromatic heterocycles. The van der Waals surface area contributed by atoms with Crippen LogP contribution in [0.25, 0.3) is 0 Å². The van der Waals surface area contributed by atoms with E-state index in [-0.39, 0.29) is 0 Å². The fourth-order valence-electron chi connectivity index (χ4n) is 5.12. The van der Waals surface area contributed by atoms with E-state index in [1.54, 1.807) is 0 Å². The Bertz CT molecular complexity index is 349. The predicted octanol–water partition coefficient (Wildman–Crippen LogP) is 4.05. The second kappa shape index (κ2) is 6.20. The first kappa shape index (κ1) is 15.8. The van der Waals surface area contributed by atoms with E-state index in [0.29, 0.717) is 5.54 Å². The first-order valence-corrected chi connectivity index (χ1v) is 9.56. The fourth-order valence-corrected chi connectivity index (χ4v) is 5.12. The van der Waals surface area contributed by atoms with Crippen LogP contribution in [0.1, 0.15) is 72.6 Å². The molecule has 3 fully saturated rings. The van der Waals surface area contributed by atoms with E-state index < -0.39 is 0 Å². The third kappa shape index (κ3) is 3.17. The summed E-state index contributed by atoms with van der Waals surface area (Å²) in [6.07, 6.45) is 10.0. The lowest BCUT2D eigenvalue weighted by Crippen LogP contribution is -2.67. The minimum absolute atomic E-state index is 0.393. The van der Waals surface area contributed by atoms with Gasteiger partial charge in [0.05, 0.1) is 0 Å². The molecule has 1 N–H and O–H groups in total. The Balaban J connectivity index is 1.77. The van der Waals surface area contributed by atoms with Gasteiger partial charge in [-0.1, -0.05) is 33.6 Å². The van der Waals surface area contributed by atoms with Crippen molar-refractivity contribution < 1.29 is 0 Å². The molecule has 4 unspecified atom stereocenters. The largest absolute Gasteiger partial charge is 0.308 e. The molecule has 0 spiro atoms. The maximum atomic E-state index is 3.93. The summed E-state index contributed by atoms with van der Waals surface area (Å²) in [5.74, 6) is 2.71. The van der Waals surface area contributed by atoms with E-state index in [1.807, 2.05) is 0 Å². The molecule has 0 aromatic rings. The summed E-state index contributed by atoms with van der Waals surface area (Å²) in [5, 5.41) is 3.93. The van der Waals surface area contributed by atoms with Crippen LogP contribution in [0.4, 0.5) is 0 Å².